The van der Waals surface area contributed by atoms with E-state index in [4.69, 9.17) is 0 Å². The molecule has 6 heteroatoms. The predicted molar refractivity (Wildman–Crippen MR) is 106 cm³/mol. The summed E-state index contributed by atoms with van der Waals surface area (Å²) in [6.45, 7) is 2.70. The summed E-state index contributed by atoms with van der Waals surface area (Å²) in [5.41, 5.74) is 3.94. The van der Waals surface area contributed by atoms with Crippen LogP contribution in [0.1, 0.15) is 36.8 Å². The molecule has 4 rings (SSSR count). The second kappa shape index (κ2) is 6.98. The number of likely N-dealkylation sites (N-methyl/N-ethyl adjacent to an activating group) is 1. The number of hydrogen-bond donors (Lipinski definition) is 3. The van der Waals surface area contributed by atoms with Crippen LogP contribution in [-0.4, -0.2) is 53.2 Å². The van der Waals surface area contributed by atoms with Gasteiger partial charge in [0, 0.05) is 35.4 Å². The van der Waals surface area contributed by atoms with Gasteiger partial charge in [-0.1, -0.05) is 19.1 Å². The number of benzene rings is 1. The molecule has 1 amide bonds. The molecule has 0 radical (unpaired) electrons. The zero-order valence-corrected chi connectivity index (χ0v) is 16.8. The highest BCUT2D eigenvalue weighted by atomic mass is 79.9. The maximum Gasteiger partial charge on any atom is 0.225 e. The maximum absolute atomic E-state index is 12.4. The fraction of sp³-hybridized carbons (Fsp3) is 0.550. The van der Waals surface area contributed by atoms with Crippen molar-refractivity contribution in [2.24, 2.45) is 5.92 Å². The van der Waals surface area contributed by atoms with E-state index in [0.717, 1.165) is 24.0 Å². The third-order valence-electron chi connectivity index (χ3n) is 6.23. The van der Waals surface area contributed by atoms with Gasteiger partial charge in [0.05, 0.1) is 17.1 Å². The number of halogens is 1. The van der Waals surface area contributed by atoms with E-state index in [2.05, 4.69) is 56.4 Å². The Hall–Kier alpha value is -1.37. The lowest BCUT2D eigenvalue weighted by Gasteiger charge is -2.46. The fourth-order valence-electron chi connectivity index (χ4n) is 4.81. The molecule has 1 aliphatic carbocycles. The van der Waals surface area contributed by atoms with Crippen LogP contribution < -0.4 is 5.32 Å². The number of nitrogens with zero attached hydrogens (tertiary/aromatic N) is 1. The monoisotopic (exact) mass is 419 g/mol. The average molecular weight is 420 g/mol. The van der Waals surface area contributed by atoms with Crippen LogP contribution in [0.5, 0.6) is 0 Å². The van der Waals surface area contributed by atoms with E-state index in [1.807, 2.05) is 6.92 Å². The standard InChI is InChI=1S/C20H26BrN3O2/c1-3-11(10-25)20(26)22-12-7-14-13-5-4-6-16-18(13)15(19(21)23-16)8-17(14)24(2)9-12/h4-6,11-12,14,17,23,25H,3,7-10H2,1-2H3,(H,22,26)/t11?,12?,14?,17-/m1/s1. The lowest BCUT2D eigenvalue weighted by Crippen LogP contribution is -2.55. The van der Waals surface area contributed by atoms with Gasteiger partial charge in [0.1, 0.15) is 0 Å². The highest BCUT2D eigenvalue weighted by molar-refractivity contribution is 9.10. The Kier molecular flexibility index (Phi) is 4.84. The van der Waals surface area contributed by atoms with E-state index in [0.29, 0.717) is 18.4 Å². The van der Waals surface area contributed by atoms with Gasteiger partial charge in [-0.3, -0.25) is 4.79 Å². The lowest BCUT2D eigenvalue weighted by atomic mass is 9.74. The van der Waals surface area contributed by atoms with Crippen molar-refractivity contribution in [1.82, 2.24) is 15.2 Å². The predicted octanol–water partition coefficient (Wildman–Crippen LogP) is 2.78. The minimum absolute atomic E-state index is 0.0223. The van der Waals surface area contributed by atoms with E-state index in [1.54, 1.807) is 0 Å². The highest BCUT2D eigenvalue weighted by Gasteiger charge is 2.40. The second-order valence-corrected chi connectivity index (χ2v) is 8.53. The Balaban J connectivity index is 1.63. The molecule has 1 fully saturated rings. The van der Waals surface area contributed by atoms with Gasteiger partial charge >= 0.3 is 0 Å². The molecule has 2 aliphatic rings. The average Bonchev–Trinajstić information content (AvgIpc) is 2.94. The number of aromatic amines is 1. The van der Waals surface area contributed by atoms with Gasteiger partial charge in [-0.25, -0.2) is 0 Å². The van der Waals surface area contributed by atoms with Crippen molar-refractivity contribution in [3.63, 3.8) is 0 Å². The first-order valence-corrected chi connectivity index (χ1v) is 10.2. The highest BCUT2D eigenvalue weighted by Crippen LogP contribution is 2.45. The molecule has 0 spiro atoms. The molecule has 140 valence electrons. The molecule has 0 saturated carbocycles. The van der Waals surface area contributed by atoms with E-state index >= 15 is 0 Å². The van der Waals surface area contributed by atoms with E-state index in [-0.39, 0.29) is 24.5 Å². The van der Waals surface area contributed by atoms with Gasteiger partial charge in [0.25, 0.3) is 0 Å². The molecule has 5 nitrogen and oxygen atoms in total. The van der Waals surface area contributed by atoms with Crippen LogP contribution in [0.2, 0.25) is 0 Å². The zero-order chi connectivity index (χ0) is 18.4. The van der Waals surface area contributed by atoms with Gasteiger partial charge < -0.3 is 20.3 Å². The number of aliphatic hydroxyl groups is 1. The Labute approximate surface area is 162 Å². The minimum Gasteiger partial charge on any atom is -0.396 e. The molecule has 26 heavy (non-hydrogen) atoms. The first kappa shape index (κ1) is 18.0. The molecule has 3 unspecified atom stereocenters. The van der Waals surface area contributed by atoms with Crippen molar-refractivity contribution in [3.8, 4) is 0 Å². The summed E-state index contributed by atoms with van der Waals surface area (Å²) in [7, 11) is 2.16. The van der Waals surface area contributed by atoms with E-state index in [1.165, 1.54) is 22.0 Å². The van der Waals surface area contributed by atoms with Gasteiger partial charge in [-0.15, -0.1) is 0 Å². The summed E-state index contributed by atoms with van der Waals surface area (Å²) in [4.78, 5) is 18.3. The summed E-state index contributed by atoms with van der Waals surface area (Å²) in [5.74, 6) is 0.0816. The largest absolute Gasteiger partial charge is 0.396 e. The summed E-state index contributed by atoms with van der Waals surface area (Å²) in [6, 6.07) is 7.06. The van der Waals surface area contributed by atoms with Crippen LogP contribution in [0, 0.1) is 5.92 Å². The van der Waals surface area contributed by atoms with Crippen molar-refractivity contribution >= 4 is 32.7 Å². The third-order valence-corrected chi connectivity index (χ3v) is 6.91. The number of carbonyl (C=O) groups is 1. The number of hydrogen-bond acceptors (Lipinski definition) is 3. The lowest BCUT2D eigenvalue weighted by molar-refractivity contribution is -0.127. The molecule has 4 atom stereocenters. The summed E-state index contributed by atoms with van der Waals surface area (Å²) < 4.78 is 1.09. The molecule has 1 aromatic carbocycles. The number of aromatic nitrogens is 1. The molecule has 2 aromatic rings. The van der Waals surface area contributed by atoms with Crippen LogP contribution in [0.3, 0.4) is 0 Å². The van der Waals surface area contributed by atoms with Crippen LogP contribution in [0.4, 0.5) is 0 Å². The van der Waals surface area contributed by atoms with Crippen LogP contribution >= 0.6 is 15.9 Å². The number of likely N-dealkylation sites (tertiary alicyclic amines) is 1. The van der Waals surface area contributed by atoms with Crippen molar-refractivity contribution in [2.45, 2.75) is 44.2 Å². The van der Waals surface area contributed by atoms with Gasteiger partial charge in [0.15, 0.2) is 0 Å². The second-order valence-electron chi connectivity index (χ2n) is 7.73. The van der Waals surface area contributed by atoms with Gasteiger partial charge in [-0.2, -0.15) is 0 Å². The Bertz CT molecular complexity index is 830. The van der Waals surface area contributed by atoms with Gasteiger partial charge in [-0.05, 0) is 59.4 Å². The smallest absolute Gasteiger partial charge is 0.225 e. The Morgan fingerprint density at radius 2 is 2.31 bits per heavy atom. The third kappa shape index (κ3) is 2.88. The molecular formula is C20H26BrN3O2. The van der Waals surface area contributed by atoms with E-state index in [9.17, 15) is 9.90 Å². The maximum atomic E-state index is 12.4. The zero-order valence-electron chi connectivity index (χ0n) is 15.3. The van der Waals surface area contributed by atoms with Crippen molar-refractivity contribution in [3.05, 3.63) is 33.9 Å². The normalized spacial score (nSPS) is 26.5. The molecule has 1 aromatic heterocycles. The molecule has 0 bridgehead atoms. The number of aliphatic hydroxyl groups excluding tert-OH is 1. The molecular weight excluding hydrogens is 394 g/mol. The Morgan fingerprint density at radius 1 is 1.50 bits per heavy atom. The van der Waals surface area contributed by atoms with Gasteiger partial charge in [0.2, 0.25) is 5.91 Å². The van der Waals surface area contributed by atoms with Crippen LogP contribution in [-0.2, 0) is 11.2 Å². The molecule has 1 aliphatic heterocycles. The van der Waals surface area contributed by atoms with Crippen LogP contribution in [0.15, 0.2) is 22.8 Å². The first-order valence-electron chi connectivity index (χ1n) is 9.43. The fourth-order valence-corrected chi connectivity index (χ4v) is 5.38. The first-order chi connectivity index (χ1) is 12.5. The van der Waals surface area contributed by atoms with Crippen molar-refractivity contribution in [1.29, 1.82) is 0 Å². The summed E-state index contributed by atoms with van der Waals surface area (Å²) in [6.07, 6.45) is 2.63. The topological polar surface area (TPSA) is 68.4 Å². The number of nitrogens with one attached hydrogen (secondary N) is 2. The van der Waals surface area contributed by atoms with Crippen molar-refractivity contribution in [2.75, 3.05) is 20.2 Å². The molecule has 2 heterocycles. The number of fused-ring (bicyclic) bond motifs is 2. The number of carbonyl (C=O) groups excluding carboxylic acids is 1. The molecule has 1 saturated heterocycles. The number of piperidine rings is 1. The Morgan fingerprint density at radius 3 is 3.04 bits per heavy atom. The van der Waals surface area contributed by atoms with Crippen LogP contribution in [0.25, 0.3) is 10.9 Å². The summed E-state index contributed by atoms with van der Waals surface area (Å²) in [5, 5.41) is 13.9. The van der Waals surface area contributed by atoms with Crippen molar-refractivity contribution < 1.29 is 9.90 Å². The SMILES string of the molecule is CCC(CO)C(=O)NC1CC2c3cccc4[nH]c(Br)c(c34)C[C@H]2N(C)C1. The summed E-state index contributed by atoms with van der Waals surface area (Å²) >= 11 is 3.70. The minimum atomic E-state index is -0.306. The number of H-pyrrole nitrogens is 1. The number of amides is 1. The molecule has 3 N–H and O–H groups in total. The number of rotatable bonds is 4. The van der Waals surface area contributed by atoms with E-state index < -0.39 is 0 Å². The quantitative estimate of drug-likeness (QED) is 0.713.